The summed E-state index contributed by atoms with van der Waals surface area (Å²) in [7, 11) is 0. The van der Waals surface area contributed by atoms with E-state index in [1.165, 1.54) is 0 Å². The molecule has 0 atom stereocenters. The van der Waals surface area contributed by atoms with Gasteiger partial charge < -0.3 is 9.47 Å². The van der Waals surface area contributed by atoms with E-state index in [0.29, 0.717) is 24.7 Å². The molecule has 138 valence electrons. The maximum atomic E-state index is 5.97. The minimum Gasteiger partial charge on any atom is -0.490 e. The number of halogens is 1. The van der Waals surface area contributed by atoms with Gasteiger partial charge in [0.2, 0.25) is 0 Å². The van der Waals surface area contributed by atoms with Crippen LogP contribution in [0.3, 0.4) is 0 Å². The predicted octanol–water partition coefficient (Wildman–Crippen LogP) is 5.87. The highest BCUT2D eigenvalue weighted by Gasteiger charge is 2.10. The first-order chi connectivity index (χ1) is 13.3. The lowest BCUT2D eigenvalue weighted by Gasteiger charge is -2.14. The molecule has 1 N–H and O–H groups in total. The topological polar surface area (TPSA) is 42.8 Å². The van der Waals surface area contributed by atoms with Crippen molar-refractivity contribution in [2.24, 2.45) is 5.10 Å². The van der Waals surface area contributed by atoms with Crippen molar-refractivity contribution in [1.82, 2.24) is 0 Å². The molecule has 27 heavy (non-hydrogen) atoms. The Hall–Kier alpha value is -2.79. The van der Waals surface area contributed by atoms with Gasteiger partial charge in [-0.15, -0.1) is 0 Å². The molecule has 0 amide bonds. The lowest BCUT2D eigenvalue weighted by molar-refractivity contribution is 0.269. The summed E-state index contributed by atoms with van der Waals surface area (Å²) >= 11 is 3.59. The fourth-order valence-electron chi connectivity index (χ4n) is 2.46. The molecule has 0 saturated heterocycles. The van der Waals surface area contributed by atoms with Crippen LogP contribution in [0, 0.1) is 0 Å². The molecule has 4 nitrogen and oxygen atoms in total. The molecule has 0 bridgehead atoms. The summed E-state index contributed by atoms with van der Waals surface area (Å²) in [5.41, 5.74) is 5.94. The van der Waals surface area contributed by atoms with Crippen molar-refractivity contribution in [2.45, 2.75) is 13.5 Å². The quantitative estimate of drug-likeness (QED) is 0.363. The van der Waals surface area contributed by atoms with Crippen LogP contribution < -0.4 is 14.9 Å². The largest absolute Gasteiger partial charge is 0.490 e. The van der Waals surface area contributed by atoms with Crippen LogP contribution in [0.25, 0.3) is 0 Å². The van der Waals surface area contributed by atoms with Crippen molar-refractivity contribution in [2.75, 3.05) is 12.0 Å². The van der Waals surface area contributed by atoms with Gasteiger partial charge in [-0.3, -0.25) is 5.43 Å². The fraction of sp³-hybridized carbons (Fsp3) is 0.136. The van der Waals surface area contributed by atoms with Crippen molar-refractivity contribution < 1.29 is 9.47 Å². The van der Waals surface area contributed by atoms with E-state index < -0.39 is 0 Å². The Kier molecular flexibility index (Phi) is 6.88. The number of hydrogen-bond donors (Lipinski definition) is 1. The second-order valence-corrected chi connectivity index (χ2v) is 6.62. The molecule has 0 aliphatic heterocycles. The van der Waals surface area contributed by atoms with E-state index in [9.17, 15) is 0 Å². The van der Waals surface area contributed by atoms with Gasteiger partial charge in [0.05, 0.1) is 18.5 Å². The van der Waals surface area contributed by atoms with Crippen LogP contribution in [0.4, 0.5) is 5.69 Å². The van der Waals surface area contributed by atoms with Crippen LogP contribution >= 0.6 is 15.9 Å². The molecule has 0 spiro atoms. The Balaban J connectivity index is 1.74. The summed E-state index contributed by atoms with van der Waals surface area (Å²) in [4.78, 5) is 0. The molecule has 0 unspecified atom stereocenters. The van der Waals surface area contributed by atoms with E-state index in [-0.39, 0.29) is 0 Å². The summed E-state index contributed by atoms with van der Waals surface area (Å²) in [5, 5.41) is 4.30. The van der Waals surface area contributed by atoms with Crippen molar-refractivity contribution in [3.8, 4) is 11.5 Å². The van der Waals surface area contributed by atoms with Crippen molar-refractivity contribution in [3.05, 3.63) is 88.4 Å². The highest BCUT2D eigenvalue weighted by Crippen LogP contribution is 2.33. The van der Waals surface area contributed by atoms with Crippen molar-refractivity contribution >= 4 is 27.8 Å². The van der Waals surface area contributed by atoms with E-state index in [1.54, 1.807) is 6.21 Å². The van der Waals surface area contributed by atoms with Crippen LogP contribution in [-0.4, -0.2) is 12.8 Å². The third kappa shape index (κ3) is 5.59. The summed E-state index contributed by atoms with van der Waals surface area (Å²) < 4.78 is 12.6. The monoisotopic (exact) mass is 424 g/mol. The number of anilines is 1. The van der Waals surface area contributed by atoms with Crippen LogP contribution in [0.1, 0.15) is 18.1 Å². The number of rotatable bonds is 8. The first kappa shape index (κ1) is 19.0. The molecule has 0 heterocycles. The van der Waals surface area contributed by atoms with Crippen LogP contribution in [0.2, 0.25) is 0 Å². The second kappa shape index (κ2) is 9.78. The number of hydrogen-bond acceptors (Lipinski definition) is 4. The predicted molar refractivity (Wildman–Crippen MR) is 114 cm³/mol. The zero-order valence-corrected chi connectivity index (χ0v) is 16.6. The molecule has 3 aromatic rings. The maximum Gasteiger partial charge on any atom is 0.162 e. The Morgan fingerprint density at radius 1 is 0.926 bits per heavy atom. The van der Waals surface area contributed by atoms with Crippen LogP contribution in [0.15, 0.2) is 82.4 Å². The molecule has 0 radical (unpaired) electrons. The first-order valence-electron chi connectivity index (χ1n) is 8.73. The summed E-state index contributed by atoms with van der Waals surface area (Å²) in [6.07, 6.45) is 1.75. The Bertz CT molecular complexity index is 884. The van der Waals surface area contributed by atoms with Gasteiger partial charge in [-0.05, 0) is 52.7 Å². The zero-order valence-electron chi connectivity index (χ0n) is 15.1. The summed E-state index contributed by atoms with van der Waals surface area (Å²) in [6.45, 7) is 2.99. The van der Waals surface area contributed by atoms with E-state index in [2.05, 4.69) is 26.5 Å². The average Bonchev–Trinajstić information content (AvgIpc) is 2.71. The Morgan fingerprint density at radius 3 is 2.30 bits per heavy atom. The van der Waals surface area contributed by atoms with Gasteiger partial charge in [0.25, 0.3) is 0 Å². The minimum absolute atomic E-state index is 0.482. The maximum absolute atomic E-state index is 5.97. The van der Waals surface area contributed by atoms with E-state index in [4.69, 9.17) is 9.47 Å². The molecule has 0 aliphatic rings. The van der Waals surface area contributed by atoms with Gasteiger partial charge in [-0.25, -0.2) is 0 Å². The first-order valence-corrected chi connectivity index (χ1v) is 9.52. The van der Waals surface area contributed by atoms with Crippen molar-refractivity contribution in [3.63, 3.8) is 0 Å². The highest BCUT2D eigenvalue weighted by molar-refractivity contribution is 9.10. The molecular weight excluding hydrogens is 404 g/mol. The van der Waals surface area contributed by atoms with Gasteiger partial charge in [-0.1, -0.05) is 48.5 Å². The number of nitrogens with one attached hydrogen (secondary N) is 1. The number of nitrogens with zero attached hydrogens (tertiary/aromatic N) is 1. The van der Waals surface area contributed by atoms with Gasteiger partial charge in [-0.2, -0.15) is 5.10 Å². The SMILES string of the molecule is CCOc1cc(C=NNc2ccccc2)c(Br)cc1OCc1ccccc1. The lowest BCUT2D eigenvalue weighted by Crippen LogP contribution is -2.01. The summed E-state index contributed by atoms with van der Waals surface area (Å²) in [6, 6.07) is 23.7. The molecule has 3 rings (SSSR count). The third-order valence-electron chi connectivity index (χ3n) is 3.77. The highest BCUT2D eigenvalue weighted by atomic mass is 79.9. The minimum atomic E-state index is 0.482. The number of benzene rings is 3. The zero-order chi connectivity index (χ0) is 18.9. The molecule has 0 aliphatic carbocycles. The van der Waals surface area contributed by atoms with Gasteiger partial charge in [0, 0.05) is 10.0 Å². The van der Waals surface area contributed by atoms with Gasteiger partial charge >= 0.3 is 0 Å². The van der Waals surface area contributed by atoms with Crippen LogP contribution in [-0.2, 0) is 6.61 Å². The second-order valence-electron chi connectivity index (χ2n) is 5.76. The van der Waals surface area contributed by atoms with Crippen LogP contribution in [0.5, 0.6) is 11.5 Å². The molecule has 0 fully saturated rings. The average molecular weight is 425 g/mol. The molecule has 5 heteroatoms. The van der Waals surface area contributed by atoms with E-state index in [0.717, 1.165) is 21.3 Å². The molecule has 0 aromatic heterocycles. The van der Waals surface area contributed by atoms with Gasteiger partial charge in [0.15, 0.2) is 11.5 Å². The molecular formula is C22H21BrN2O2. The standard InChI is InChI=1S/C22H21BrN2O2/c1-2-26-21-13-18(15-24-25-19-11-7-4-8-12-19)20(23)14-22(21)27-16-17-9-5-3-6-10-17/h3-15,25H,2,16H2,1H3. The number of hydrazone groups is 1. The third-order valence-corrected chi connectivity index (χ3v) is 4.46. The van der Waals surface area contributed by atoms with E-state index >= 15 is 0 Å². The summed E-state index contributed by atoms with van der Waals surface area (Å²) in [5.74, 6) is 1.39. The fourth-order valence-corrected chi connectivity index (χ4v) is 2.88. The Labute approximate surface area is 168 Å². The van der Waals surface area contributed by atoms with E-state index in [1.807, 2.05) is 79.7 Å². The molecule has 0 saturated carbocycles. The smallest absolute Gasteiger partial charge is 0.162 e. The number of para-hydroxylation sites is 1. The van der Waals surface area contributed by atoms with Gasteiger partial charge in [0.1, 0.15) is 6.61 Å². The normalized spacial score (nSPS) is 10.7. The Morgan fingerprint density at radius 2 is 1.59 bits per heavy atom. The number of ether oxygens (including phenoxy) is 2. The lowest BCUT2D eigenvalue weighted by atomic mass is 10.2. The molecule has 3 aromatic carbocycles. The van der Waals surface area contributed by atoms with Crippen molar-refractivity contribution in [1.29, 1.82) is 0 Å².